The van der Waals surface area contributed by atoms with Crippen molar-refractivity contribution in [2.45, 2.75) is 57.7 Å². The van der Waals surface area contributed by atoms with Gasteiger partial charge in [-0.25, -0.2) is 0 Å². The van der Waals surface area contributed by atoms with Gasteiger partial charge >= 0.3 is 0 Å². The molecule has 1 aliphatic carbocycles. The number of fused-ring (bicyclic) bond motifs is 1. The van der Waals surface area contributed by atoms with E-state index in [0.29, 0.717) is 6.04 Å². The summed E-state index contributed by atoms with van der Waals surface area (Å²) < 4.78 is 0. The van der Waals surface area contributed by atoms with Crippen LogP contribution in [-0.4, -0.2) is 29.1 Å². The predicted molar refractivity (Wildman–Crippen MR) is 75.6 cm³/mol. The van der Waals surface area contributed by atoms with Crippen LogP contribution in [-0.2, 0) is 6.42 Å². The lowest BCUT2D eigenvalue weighted by atomic mass is 9.84. The minimum Gasteiger partial charge on any atom is -0.387 e. The molecule has 0 heterocycles. The fourth-order valence-electron chi connectivity index (χ4n) is 3.28. The summed E-state index contributed by atoms with van der Waals surface area (Å²) >= 11 is 0. The summed E-state index contributed by atoms with van der Waals surface area (Å²) in [5, 5.41) is 10.6. The standard InChI is InChI=1S/C16H25NO/c1-4-13(5-2)17(3)15-11-10-12-8-6-7-9-14(12)16(15)18/h6-9,13,15-16,18H,4-5,10-11H2,1-3H3. The Morgan fingerprint density at radius 1 is 1.28 bits per heavy atom. The highest BCUT2D eigenvalue weighted by Gasteiger charge is 2.32. The van der Waals surface area contributed by atoms with E-state index in [1.54, 1.807) is 0 Å². The van der Waals surface area contributed by atoms with E-state index in [9.17, 15) is 5.11 Å². The molecule has 1 aromatic carbocycles. The third-order valence-electron chi connectivity index (χ3n) is 4.49. The Balaban J connectivity index is 2.18. The first-order valence-electron chi connectivity index (χ1n) is 7.16. The first-order valence-corrected chi connectivity index (χ1v) is 7.16. The Morgan fingerprint density at radius 2 is 1.94 bits per heavy atom. The number of hydrogen-bond acceptors (Lipinski definition) is 2. The lowest BCUT2D eigenvalue weighted by Crippen LogP contribution is -2.45. The third-order valence-corrected chi connectivity index (χ3v) is 4.49. The van der Waals surface area contributed by atoms with Crippen LogP contribution < -0.4 is 0 Å². The van der Waals surface area contributed by atoms with Gasteiger partial charge in [-0.05, 0) is 43.9 Å². The molecule has 1 aromatic rings. The highest BCUT2D eigenvalue weighted by atomic mass is 16.3. The minimum atomic E-state index is -0.333. The van der Waals surface area contributed by atoms with E-state index in [1.807, 2.05) is 6.07 Å². The molecule has 2 unspecified atom stereocenters. The monoisotopic (exact) mass is 247 g/mol. The molecule has 0 bridgehead atoms. The van der Waals surface area contributed by atoms with Gasteiger partial charge in [-0.3, -0.25) is 4.90 Å². The number of aryl methyl sites for hydroxylation is 1. The Hall–Kier alpha value is -0.860. The molecule has 0 saturated heterocycles. The van der Waals surface area contributed by atoms with Gasteiger partial charge in [-0.2, -0.15) is 0 Å². The number of rotatable bonds is 4. The zero-order chi connectivity index (χ0) is 13.1. The maximum atomic E-state index is 10.6. The molecule has 2 heteroatoms. The highest BCUT2D eigenvalue weighted by molar-refractivity contribution is 5.32. The summed E-state index contributed by atoms with van der Waals surface area (Å²) in [6, 6.07) is 9.16. The molecule has 18 heavy (non-hydrogen) atoms. The van der Waals surface area contributed by atoms with Crippen molar-refractivity contribution in [1.29, 1.82) is 0 Å². The third kappa shape index (κ3) is 2.45. The van der Waals surface area contributed by atoms with Gasteiger partial charge in [-0.15, -0.1) is 0 Å². The van der Waals surface area contributed by atoms with Crippen LogP contribution in [0.2, 0.25) is 0 Å². The molecule has 2 rings (SSSR count). The maximum Gasteiger partial charge on any atom is 0.0947 e. The summed E-state index contributed by atoms with van der Waals surface area (Å²) in [4.78, 5) is 2.39. The van der Waals surface area contributed by atoms with Crippen molar-refractivity contribution >= 4 is 0 Å². The van der Waals surface area contributed by atoms with E-state index in [1.165, 1.54) is 5.56 Å². The van der Waals surface area contributed by atoms with Crippen molar-refractivity contribution < 1.29 is 5.11 Å². The van der Waals surface area contributed by atoms with Gasteiger partial charge in [0.1, 0.15) is 0 Å². The summed E-state index contributed by atoms with van der Waals surface area (Å²) in [6.07, 6.45) is 4.11. The van der Waals surface area contributed by atoms with Crippen molar-refractivity contribution in [3.8, 4) is 0 Å². The van der Waals surface area contributed by atoms with Gasteiger partial charge in [-0.1, -0.05) is 38.1 Å². The molecule has 0 amide bonds. The molecule has 2 nitrogen and oxygen atoms in total. The normalized spacial score (nSPS) is 23.4. The minimum absolute atomic E-state index is 0.268. The Labute approximate surface area is 111 Å². The molecule has 0 radical (unpaired) electrons. The second kappa shape index (κ2) is 5.85. The number of hydrogen-bond donors (Lipinski definition) is 1. The van der Waals surface area contributed by atoms with Crippen LogP contribution in [0.5, 0.6) is 0 Å². The molecular formula is C16H25NO. The molecule has 0 saturated carbocycles. The zero-order valence-corrected chi connectivity index (χ0v) is 11.8. The molecule has 1 aliphatic rings. The first kappa shape index (κ1) is 13.6. The summed E-state index contributed by atoms with van der Waals surface area (Å²) in [7, 11) is 2.17. The molecule has 0 fully saturated rings. The lowest BCUT2D eigenvalue weighted by Gasteiger charge is -2.40. The van der Waals surface area contributed by atoms with E-state index in [0.717, 1.165) is 31.2 Å². The summed E-state index contributed by atoms with van der Waals surface area (Å²) in [5.41, 5.74) is 2.45. The molecule has 1 N–H and O–H groups in total. The summed E-state index contributed by atoms with van der Waals surface area (Å²) in [6.45, 7) is 4.46. The zero-order valence-electron chi connectivity index (χ0n) is 11.8. The van der Waals surface area contributed by atoms with Crippen LogP contribution in [0.1, 0.15) is 50.3 Å². The van der Waals surface area contributed by atoms with E-state index >= 15 is 0 Å². The Bertz CT molecular complexity index is 386. The second-order valence-electron chi connectivity index (χ2n) is 5.39. The topological polar surface area (TPSA) is 23.5 Å². The number of benzene rings is 1. The fraction of sp³-hybridized carbons (Fsp3) is 0.625. The van der Waals surface area contributed by atoms with E-state index in [2.05, 4.69) is 44.0 Å². The quantitative estimate of drug-likeness (QED) is 0.883. The van der Waals surface area contributed by atoms with Crippen LogP contribution in [0.25, 0.3) is 0 Å². The maximum absolute atomic E-state index is 10.6. The van der Waals surface area contributed by atoms with Gasteiger partial charge in [0.2, 0.25) is 0 Å². The Morgan fingerprint density at radius 3 is 2.61 bits per heavy atom. The number of nitrogens with zero attached hydrogens (tertiary/aromatic N) is 1. The Kier molecular flexibility index (Phi) is 4.41. The van der Waals surface area contributed by atoms with E-state index in [4.69, 9.17) is 0 Å². The van der Waals surface area contributed by atoms with Crippen LogP contribution in [0.3, 0.4) is 0 Å². The van der Waals surface area contributed by atoms with Crippen LogP contribution in [0.15, 0.2) is 24.3 Å². The average molecular weight is 247 g/mol. The van der Waals surface area contributed by atoms with Gasteiger partial charge in [0, 0.05) is 12.1 Å². The van der Waals surface area contributed by atoms with Gasteiger partial charge in [0.25, 0.3) is 0 Å². The van der Waals surface area contributed by atoms with Crippen LogP contribution >= 0.6 is 0 Å². The van der Waals surface area contributed by atoms with Crippen LogP contribution in [0.4, 0.5) is 0 Å². The summed E-state index contributed by atoms with van der Waals surface area (Å²) in [5.74, 6) is 0. The smallest absolute Gasteiger partial charge is 0.0947 e. The van der Waals surface area contributed by atoms with E-state index < -0.39 is 0 Å². The number of aliphatic hydroxyl groups is 1. The second-order valence-corrected chi connectivity index (χ2v) is 5.39. The van der Waals surface area contributed by atoms with Crippen molar-refractivity contribution in [2.24, 2.45) is 0 Å². The predicted octanol–water partition coefficient (Wildman–Crippen LogP) is 3.16. The fourth-order valence-corrected chi connectivity index (χ4v) is 3.28. The van der Waals surface area contributed by atoms with Gasteiger partial charge in [0.05, 0.1) is 6.10 Å². The van der Waals surface area contributed by atoms with E-state index in [-0.39, 0.29) is 12.1 Å². The molecule has 0 aliphatic heterocycles. The first-order chi connectivity index (χ1) is 8.69. The number of aliphatic hydroxyl groups excluding tert-OH is 1. The van der Waals surface area contributed by atoms with Crippen molar-refractivity contribution in [3.63, 3.8) is 0 Å². The molecule has 0 spiro atoms. The molecular weight excluding hydrogens is 222 g/mol. The van der Waals surface area contributed by atoms with Crippen molar-refractivity contribution in [2.75, 3.05) is 7.05 Å². The van der Waals surface area contributed by atoms with Crippen LogP contribution in [0, 0.1) is 0 Å². The lowest BCUT2D eigenvalue weighted by molar-refractivity contribution is 0.0258. The van der Waals surface area contributed by atoms with Gasteiger partial charge in [0.15, 0.2) is 0 Å². The largest absolute Gasteiger partial charge is 0.387 e. The molecule has 0 aromatic heterocycles. The molecule has 100 valence electrons. The van der Waals surface area contributed by atoms with Crippen molar-refractivity contribution in [3.05, 3.63) is 35.4 Å². The average Bonchev–Trinajstić information content (AvgIpc) is 2.40. The molecule has 2 atom stereocenters. The number of likely N-dealkylation sites (N-methyl/N-ethyl adjacent to an activating group) is 1. The van der Waals surface area contributed by atoms with Gasteiger partial charge < -0.3 is 5.11 Å². The highest BCUT2D eigenvalue weighted by Crippen LogP contribution is 2.33. The van der Waals surface area contributed by atoms with Crippen molar-refractivity contribution in [1.82, 2.24) is 4.90 Å². The SMILES string of the molecule is CCC(CC)N(C)C1CCc2ccccc2C1O.